The first-order valence-electron chi connectivity index (χ1n) is 12.8. The van der Waals surface area contributed by atoms with E-state index >= 15 is 0 Å². The molecule has 0 aliphatic heterocycles. The minimum absolute atomic E-state index is 1.36. The third-order valence-electron chi connectivity index (χ3n) is 6.53. The molecule has 0 saturated carbocycles. The standard InChI is InChI=1S/C25H54BrP/c1-5-9-13-17-21-25-27(26,22-18-14-10-6-2,23-19-15-11-7-3)24-20-16-12-8-4/h5-25H2,1-4H3. The second-order valence-corrected chi connectivity index (χ2v) is 20.8. The van der Waals surface area contributed by atoms with Crippen LogP contribution < -0.4 is 0 Å². The van der Waals surface area contributed by atoms with E-state index in [2.05, 4.69) is 43.2 Å². The van der Waals surface area contributed by atoms with Gasteiger partial charge in [0.25, 0.3) is 0 Å². The van der Waals surface area contributed by atoms with E-state index < -0.39 is 5.31 Å². The van der Waals surface area contributed by atoms with Crippen LogP contribution in [-0.2, 0) is 0 Å². The van der Waals surface area contributed by atoms with E-state index in [-0.39, 0.29) is 0 Å². The maximum atomic E-state index is 4.65. The summed E-state index contributed by atoms with van der Waals surface area (Å²) < 4.78 is 0. The van der Waals surface area contributed by atoms with Gasteiger partial charge in [-0.1, -0.05) is 0 Å². The summed E-state index contributed by atoms with van der Waals surface area (Å²) in [7, 11) is 0. The molecule has 0 aromatic rings. The van der Waals surface area contributed by atoms with Crippen LogP contribution in [0.4, 0.5) is 0 Å². The molecule has 0 unspecified atom stereocenters. The summed E-state index contributed by atoms with van der Waals surface area (Å²) in [5.41, 5.74) is 0. The van der Waals surface area contributed by atoms with Gasteiger partial charge < -0.3 is 0 Å². The average molecular weight is 466 g/mol. The van der Waals surface area contributed by atoms with Gasteiger partial charge in [-0.2, -0.15) is 0 Å². The van der Waals surface area contributed by atoms with Crippen molar-refractivity contribution in [3.8, 4) is 0 Å². The van der Waals surface area contributed by atoms with Crippen molar-refractivity contribution in [3.63, 3.8) is 0 Å². The number of rotatable bonds is 21. The topological polar surface area (TPSA) is 0 Å². The van der Waals surface area contributed by atoms with Gasteiger partial charge in [0.1, 0.15) is 0 Å². The van der Waals surface area contributed by atoms with E-state index in [0.717, 1.165) is 0 Å². The molecule has 0 saturated heterocycles. The van der Waals surface area contributed by atoms with Crippen LogP contribution >= 0.6 is 20.8 Å². The molecule has 0 nitrogen and oxygen atoms in total. The zero-order valence-electron chi connectivity index (χ0n) is 19.7. The monoisotopic (exact) mass is 464 g/mol. The second-order valence-electron chi connectivity index (χ2n) is 9.31. The molecule has 0 rings (SSSR count). The molecule has 27 heavy (non-hydrogen) atoms. The zero-order valence-corrected chi connectivity index (χ0v) is 22.2. The zero-order chi connectivity index (χ0) is 20.3. The molecule has 0 fully saturated rings. The summed E-state index contributed by atoms with van der Waals surface area (Å²) in [5.74, 6) is 0. The fourth-order valence-corrected chi connectivity index (χ4v) is 13.0. The Kier molecular flexibility index (Phi) is 18.3. The molecule has 0 atom stereocenters. The number of hydrogen-bond donors (Lipinski definition) is 0. The molecule has 0 radical (unpaired) electrons. The summed E-state index contributed by atoms with van der Waals surface area (Å²) in [6, 6.07) is 0. The van der Waals surface area contributed by atoms with Gasteiger partial charge in [0.2, 0.25) is 0 Å². The van der Waals surface area contributed by atoms with Crippen LogP contribution in [0.15, 0.2) is 0 Å². The van der Waals surface area contributed by atoms with Crippen LogP contribution in [-0.4, -0.2) is 24.6 Å². The summed E-state index contributed by atoms with van der Waals surface area (Å²) in [4.78, 5) is 0. The van der Waals surface area contributed by atoms with Crippen molar-refractivity contribution in [2.75, 3.05) is 24.6 Å². The number of unbranched alkanes of at least 4 members (excludes halogenated alkanes) is 13. The molecule has 0 N–H and O–H groups in total. The minimum atomic E-state index is -1.69. The van der Waals surface area contributed by atoms with Gasteiger partial charge in [-0.25, -0.2) is 0 Å². The van der Waals surface area contributed by atoms with Crippen LogP contribution in [0.25, 0.3) is 0 Å². The van der Waals surface area contributed by atoms with Crippen molar-refractivity contribution in [2.24, 2.45) is 0 Å². The Balaban J connectivity index is 4.94. The average Bonchev–Trinajstić information content (AvgIpc) is 2.67. The van der Waals surface area contributed by atoms with Crippen LogP contribution in [0.5, 0.6) is 0 Å². The van der Waals surface area contributed by atoms with Crippen molar-refractivity contribution in [2.45, 2.75) is 137 Å². The van der Waals surface area contributed by atoms with Gasteiger partial charge >= 0.3 is 182 Å². The van der Waals surface area contributed by atoms with E-state index in [4.69, 9.17) is 0 Å². The fourth-order valence-electron chi connectivity index (χ4n) is 4.58. The second kappa shape index (κ2) is 17.7. The van der Waals surface area contributed by atoms with Crippen molar-refractivity contribution in [3.05, 3.63) is 0 Å². The first kappa shape index (κ1) is 27.9. The number of hydrogen-bond acceptors (Lipinski definition) is 0. The van der Waals surface area contributed by atoms with Gasteiger partial charge in [0.05, 0.1) is 0 Å². The quantitative estimate of drug-likeness (QED) is 0.117. The third kappa shape index (κ3) is 14.5. The van der Waals surface area contributed by atoms with Crippen LogP contribution in [0.3, 0.4) is 0 Å². The van der Waals surface area contributed by atoms with E-state index in [1.807, 2.05) is 0 Å². The van der Waals surface area contributed by atoms with Crippen molar-refractivity contribution in [1.29, 1.82) is 0 Å². The molecule has 0 bridgehead atoms. The molecule has 0 aliphatic rings. The van der Waals surface area contributed by atoms with Gasteiger partial charge in [-0.15, -0.1) is 0 Å². The Labute approximate surface area is 182 Å². The third-order valence-corrected chi connectivity index (χ3v) is 16.5. The number of halogens is 1. The summed E-state index contributed by atoms with van der Waals surface area (Å²) >= 11 is 4.65. The van der Waals surface area contributed by atoms with E-state index in [0.29, 0.717) is 0 Å². The van der Waals surface area contributed by atoms with Crippen molar-refractivity contribution in [1.82, 2.24) is 0 Å². The normalized spacial score (nSPS) is 13.6. The summed E-state index contributed by atoms with van der Waals surface area (Å²) in [5, 5.41) is -1.69. The van der Waals surface area contributed by atoms with Gasteiger partial charge in [-0.05, 0) is 0 Å². The van der Waals surface area contributed by atoms with Crippen molar-refractivity contribution < 1.29 is 0 Å². The molecule has 0 spiro atoms. The maximum absolute atomic E-state index is 4.65. The Morgan fingerprint density at radius 2 is 0.593 bits per heavy atom. The molecular weight excluding hydrogens is 411 g/mol. The van der Waals surface area contributed by atoms with E-state index in [1.165, 1.54) is 128 Å². The Morgan fingerprint density at radius 3 is 0.852 bits per heavy atom. The first-order chi connectivity index (χ1) is 13.0. The molecule has 0 heterocycles. The van der Waals surface area contributed by atoms with Crippen molar-refractivity contribution >= 4 is 20.8 Å². The molecule has 0 aromatic heterocycles. The van der Waals surface area contributed by atoms with Gasteiger partial charge in [0.15, 0.2) is 0 Å². The van der Waals surface area contributed by atoms with Crippen LogP contribution in [0.1, 0.15) is 137 Å². The first-order valence-corrected chi connectivity index (χ1v) is 17.8. The molecule has 166 valence electrons. The summed E-state index contributed by atoms with van der Waals surface area (Å²) in [6.45, 7) is 9.37. The summed E-state index contributed by atoms with van der Waals surface area (Å²) in [6.07, 6.45) is 30.6. The molecule has 0 aliphatic carbocycles. The van der Waals surface area contributed by atoms with Gasteiger partial charge in [-0.3, -0.25) is 0 Å². The predicted molar refractivity (Wildman–Crippen MR) is 136 cm³/mol. The van der Waals surface area contributed by atoms with Gasteiger partial charge in [0, 0.05) is 0 Å². The molecule has 0 amide bonds. The van der Waals surface area contributed by atoms with Crippen LogP contribution in [0, 0.1) is 0 Å². The Morgan fingerprint density at radius 1 is 0.370 bits per heavy atom. The van der Waals surface area contributed by atoms with Crippen LogP contribution in [0.2, 0.25) is 0 Å². The molecule has 0 aromatic carbocycles. The predicted octanol–water partition coefficient (Wildman–Crippen LogP) is 10.6. The Hall–Kier alpha value is 0.910. The molecular formula is C25H54BrP. The van der Waals surface area contributed by atoms with E-state index in [1.54, 1.807) is 6.16 Å². The Bertz CT molecular complexity index is 281. The SMILES string of the molecule is CCCCCCCP(Br)(CCCCCC)(CCCCCC)CCCCCC. The fraction of sp³-hybridized carbons (Fsp3) is 1.00. The van der Waals surface area contributed by atoms with E-state index in [9.17, 15) is 0 Å². The molecule has 2 heteroatoms.